The summed E-state index contributed by atoms with van der Waals surface area (Å²) in [6.45, 7) is 1.17. The second kappa shape index (κ2) is 7.49. The first-order valence-electron chi connectivity index (χ1n) is 12.0. The summed E-state index contributed by atoms with van der Waals surface area (Å²) in [5.41, 5.74) is 0.802. The lowest BCUT2D eigenvalue weighted by Crippen LogP contribution is -2.50. The fourth-order valence-electron chi connectivity index (χ4n) is 7.21. The maximum absolute atomic E-state index is 13.3. The zero-order valence-corrected chi connectivity index (χ0v) is 18.0. The summed E-state index contributed by atoms with van der Waals surface area (Å²) >= 11 is 0. The third-order valence-corrected chi connectivity index (χ3v) is 8.34. The number of hydrogen-bond acceptors (Lipinski definition) is 4. The highest BCUT2D eigenvalue weighted by Gasteiger charge is 2.49. The van der Waals surface area contributed by atoms with Crippen LogP contribution in [0.4, 0.5) is 5.69 Å². The van der Waals surface area contributed by atoms with Crippen molar-refractivity contribution in [1.29, 1.82) is 0 Å². The number of rotatable bonds is 5. The molecule has 1 saturated heterocycles. The number of carbonyl (C=O) groups is 1. The summed E-state index contributed by atoms with van der Waals surface area (Å²) in [7, 11) is 0. The molecule has 0 atom stereocenters. The van der Waals surface area contributed by atoms with Gasteiger partial charge >= 0.3 is 5.97 Å². The Labute approximate surface area is 183 Å². The molecule has 1 heterocycles. The Morgan fingerprint density at radius 1 is 0.903 bits per heavy atom. The first kappa shape index (κ1) is 19.6. The Kier molecular flexibility index (Phi) is 4.73. The van der Waals surface area contributed by atoms with Crippen molar-refractivity contribution in [2.24, 2.45) is 23.7 Å². The van der Waals surface area contributed by atoms with Gasteiger partial charge in [0.1, 0.15) is 17.5 Å². The standard InChI is InChI=1S/C26H31NO4/c28-25(31-26-19-12-17-11-18(14-19)15-20(26)13-17)16-30-24-8-7-23(27(29)9-3-4-10-27)21-5-1-2-6-22(21)24/h1-2,5-8,17-20,26H,3-4,9-16H2. The SMILES string of the molecule is O=C(COc1ccc([N+]2([O-])CCCC2)c2ccccc12)OC1C2CC3CC(C2)CC1C3. The monoisotopic (exact) mass is 421 g/mol. The van der Waals surface area contributed by atoms with E-state index in [1.54, 1.807) is 0 Å². The van der Waals surface area contributed by atoms with Gasteiger partial charge in [-0.3, -0.25) is 0 Å². The van der Waals surface area contributed by atoms with Crippen molar-refractivity contribution in [3.05, 3.63) is 41.6 Å². The average molecular weight is 422 g/mol. The largest absolute Gasteiger partial charge is 0.627 e. The van der Waals surface area contributed by atoms with Crippen LogP contribution in [-0.4, -0.2) is 31.8 Å². The number of esters is 1. The Bertz CT molecular complexity index is 968. The molecule has 5 heteroatoms. The van der Waals surface area contributed by atoms with Crippen LogP contribution >= 0.6 is 0 Å². The van der Waals surface area contributed by atoms with Crippen molar-refractivity contribution >= 4 is 22.4 Å². The van der Waals surface area contributed by atoms with Crippen LogP contribution in [0, 0.1) is 28.9 Å². The van der Waals surface area contributed by atoms with Gasteiger partial charge in [-0.2, -0.15) is 0 Å². The zero-order chi connectivity index (χ0) is 21.0. The number of nitrogens with zero attached hydrogens (tertiary/aromatic N) is 1. The van der Waals surface area contributed by atoms with Crippen molar-refractivity contribution in [2.75, 3.05) is 19.7 Å². The number of quaternary nitrogens is 1. The van der Waals surface area contributed by atoms with Gasteiger partial charge in [-0.25, -0.2) is 4.79 Å². The predicted octanol–water partition coefficient (Wildman–Crippen LogP) is 5.19. The van der Waals surface area contributed by atoms with Crippen molar-refractivity contribution in [2.45, 2.75) is 51.0 Å². The minimum absolute atomic E-state index is 0.0798. The fraction of sp³-hybridized carbons (Fsp3) is 0.577. The first-order valence-corrected chi connectivity index (χ1v) is 12.0. The van der Waals surface area contributed by atoms with E-state index in [0.717, 1.165) is 41.1 Å². The van der Waals surface area contributed by atoms with Gasteiger partial charge in [0, 0.05) is 29.7 Å². The lowest BCUT2D eigenvalue weighted by atomic mass is 9.55. The fourth-order valence-corrected chi connectivity index (χ4v) is 7.21. The summed E-state index contributed by atoms with van der Waals surface area (Å²) in [6, 6.07) is 11.6. The molecule has 4 aliphatic carbocycles. The quantitative estimate of drug-likeness (QED) is 0.379. The molecule has 0 radical (unpaired) electrons. The van der Waals surface area contributed by atoms with Crippen LogP contribution in [-0.2, 0) is 9.53 Å². The Morgan fingerprint density at radius 2 is 1.55 bits per heavy atom. The molecule has 0 aromatic heterocycles. The smallest absolute Gasteiger partial charge is 0.344 e. The molecule has 4 bridgehead atoms. The van der Waals surface area contributed by atoms with Crippen LogP contribution < -0.4 is 9.38 Å². The summed E-state index contributed by atoms with van der Waals surface area (Å²) < 4.78 is 11.6. The molecule has 0 amide bonds. The normalized spacial score (nSPS) is 33.0. The van der Waals surface area contributed by atoms with Crippen molar-refractivity contribution in [1.82, 2.24) is 4.65 Å². The molecule has 0 spiro atoms. The molecule has 7 rings (SSSR count). The van der Waals surface area contributed by atoms with Gasteiger partial charge in [-0.05, 0) is 67.9 Å². The molecule has 5 fully saturated rings. The topological polar surface area (TPSA) is 58.6 Å². The Balaban J connectivity index is 1.17. The number of hydroxylamine groups is 2. The van der Waals surface area contributed by atoms with Gasteiger partial charge < -0.3 is 19.3 Å². The van der Waals surface area contributed by atoms with E-state index in [0.29, 0.717) is 30.7 Å². The van der Waals surface area contributed by atoms with Crippen LogP contribution in [0.1, 0.15) is 44.9 Å². The first-order chi connectivity index (χ1) is 15.1. The van der Waals surface area contributed by atoms with E-state index in [1.165, 1.54) is 32.1 Å². The van der Waals surface area contributed by atoms with Crippen LogP contribution in [0.25, 0.3) is 10.8 Å². The van der Waals surface area contributed by atoms with E-state index in [9.17, 15) is 10.0 Å². The predicted molar refractivity (Wildman–Crippen MR) is 120 cm³/mol. The maximum atomic E-state index is 13.3. The van der Waals surface area contributed by atoms with E-state index in [1.807, 2.05) is 36.4 Å². The second-order valence-electron chi connectivity index (χ2n) is 10.3. The summed E-state index contributed by atoms with van der Waals surface area (Å²) in [5, 5.41) is 15.1. The molecule has 0 unspecified atom stereocenters. The van der Waals surface area contributed by atoms with E-state index < -0.39 is 0 Å². The number of hydrogen-bond donors (Lipinski definition) is 0. The van der Waals surface area contributed by atoms with E-state index >= 15 is 0 Å². The molecule has 5 nitrogen and oxygen atoms in total. The highest BCUT2D eigenvalue weighted by molar-refractivity contribution is 5.97. The number of fused-ring (bicyclic) bond motifs is 1. The van der Waals surface area contributed by atoms with Crippen LogP contribution in [0.2, 0.25) is 0 Å². The summed E-state index contributed by atoms with van der Waals surface area (Å²) in [5.74, 6) is 3.21. The maximum Gasteiger partial charge on any atom is 0.344 e. The Hall–Kier alpha value is -2.11. The minimum Gasteiger partial charge on any atom is -0.627 e. The lowest BCUT2D eigenvalue weighted by Gasteiger charge is -2.53. The van der Waals surface area contributed by atoms with E-state index in [-0.39, 0.29) is 23.3 Å². The molecule has 164 valence electrons. The number of benzene rings is 2. The van der Waals surface area contributed by atoms with Gasteiger partial charge in [0.25, 0.3) is 0 Å². The molecule has 5 aliphatic rings. The highest BCUT2D eigenvalue weighted by Crippen LogP contribution is 2.54. The van der Waals surface area contributed by atoms with Gasteiger partial charge in [0.05, 0.1) is 13.1 Å². The molecule has 2 aromatic carbocycles. The van der Waals surface area contributed by atoms with Gasteiger partial charge in [-0.1, -0.05) is 18.2 Å². The van der Waals surface area contributed by atoms with Gasteiger partial charge in [-0.15, -0.1) is 0 Å². The molecule has 2 aromatic rings. The number of carbonyl (C=O) groups excluding carboxylic acids is 1. The zero-order valence-electron chi connectivity index (χ0n) is 18.0. The van der Waals surface area contributed by atoms with Crippen LogP contribution in [0.5, 0.6) is 5.75 Å². The highest BCUT2D eigenvalue weighted by atomic mass is 16.6. The molecular weight excluding hydrogens is 390 g/mol. The minimum atomic E-state index is -0.269. The van der Waals surface area contributed by atoms with Crippen molar-refractivity contribution in [3.63, 3.8) is 0 Å². The number of ether oxygens (including phenoxy) is 2. The third-order valence-electron chi connectivity index (χ3n) is 8.34. The van der Waals surface area contributed by atoms with Crippen molar-refractivity contribution < 1.29 is 14.3 Å². The Morgan fingerprint density at radius 3 is 2.23 bits per heavy atom. The van der Waals surface area contributed by atoms with E-state index in [2.05, 4.69) is 0 Å². The van der Waals surface area contributed by atoms with Gasteiger partial charge in [0.15, 0.2) is 6.61 Å². The van der Waals surface area contributed by atoms with Crippen molar-refractivity contribution in [3.8, 4) is 5.75 Å². The second-order valence-corrected chi connectivity index (χ2v) is 10.3. The molecular formula is C26H31NO4. The summed E-state index contributed by atoms with van der Waals surface area (Å²) in [4.78, 5) is 12.7. The average Bonchev–Trinajstić information content (AvgIpc) is 3.21. The molecule has 1 aliphatic heterocycles. The third kappa shape index (κ3) is 3.42. The van der Waals surface area contributed by atoms with Crippen LogP contribution in [0.3, 0.4) is 0 Å². The summed E-state index contributed by atoms with van der Waals surface area (Å²) in [6.07, 6.45) is 8.32. The van der Waals surface area contributed by atoms with Crippen LogP contribution in [0.15, 0.2) is 36.4 Å². The molecule has 4 saturated carbocycles. The lowest BCUT2D eigenvalue weighted by molar-refractivity contribution is -0.172. The molecule has 31 heavy (non-hydrogen) atoms. The molecule has 0 N–H and O–H groups in total. The van der Waals surface area contributed by atoms with E-state index in [4.69, 9.17) is 9.47 Å². The van der Waals surface area contributed by atoms with Gasteiger partial charge in [0.2, 0.25) is 0 Å².